The second-order valence-electron chi connectivity index (χ2n) is 8.55. The maximum atomic E-state index is 12.4. The van der Waals surface area contributed by atoms with Crippen molar-refractivity contribution in [1.82, 2.24) is 4.90 Å². The summed E-state index contributed by atoms with van der Waals surface area (Å²) in [5, 5.41) is 0.474. The van der Waals surface area contributed by atoms with Crippen LogP contribution < -0.4 is 4.74 Å². The molecule has 1 aliphatic rings. The highest BCUT2D eigenvalue weighted by molar-refractivity contribution is 6.39. The van der Waals surface area contributed by atoms with Gasteiger partial charge in [0.15, 0.2) is 0 Å². The number of ether oxygens (including phenoxy) is 3. The van der Waals surface area contributed by atoms with Gasteiger partial charge in [-0.05, 0) is 50.6 Å². The lowest BCUT2D eigenvalue weighted by atomic mass is 10.1. The van der Waals surface area contributed by atoms with Gasteiger partial charge in [0.1, 0.15) is 11.4 Å². The lowest BCUT2D eigenvalue weighted by Crippen LogP contribution is -2.39. The van der Waals surface area contributed by atoms with Crippen LogP contribution >= 0.6 is 23.2 Å². The third-order valence-corrected chi connectivity index (χ3v) is 5.46. The molecule has 2 aromatic carbocycles. The fourth-order valence-electron chi connectivity index (χ4n) is 3.35. The Morgan fingerprint density at radius 2 is 1.75 bits per heavy atom. The molecule has 0 amide bonds. The Bertz CT molecular complexity index is 936. The second-order valence-corrected chi connectivity index (χ2v) is 9.37. The molecule has 1 atom stereocenters. The van der Waals surface area contributed by atoms with Crippen LogP contribution in [0.25, 0.3) is 0 Å². The molecule has 0 bridgehead atoms. The average molecular weight is 480 g/mol. The smallest absolute Gasteiger partial charge is 0.346 e. The molecule has 2 aromatic rings. The molecule has 1 saturated heterocycles. The monoisotopic (exact) mass is 479 g/mol. The van der Waals surface area contributed by atoms with Crippen molar-refractivity contribution in [2.75, 3.05) is 26.2 Å². The number of hydrogen-bond donors (Lipinski definition) is 0. The van der Waals surface area contributed by atoms with Gasteiger partial charge in [-0.3, -0.25) is 9.69 Å². The molecule has 6 nitrogen and oxygen atoms in total. The first-order chi connectivity index (χ1) is 15.1. The summed E-state index contributed by atoms with van der Waals surface area (Å²) in [6.45, 7) is 8.19. The predicted molar refractivity (Wildman–Crippen MR) is 123 cm³/mol. The molecular formula is C24H27Cl2NO5. The van der Waals surface area contributed by atoms with Gasteiger partial charge in [0.2, 0.25) is 0 Å². The third kappa shape index (κ3) is 6.94. The van der Waals surface area contributed by atoms with Crippen LogP contribution in [0.5, 0.6) is 5.75 Å². The first-order valence-electron chi connectivity index (χ1n) is 10.4. The largest absolute Gasteiger partial charge is 0.460 e. The lowest BCUT2D eigenvalue weighted by Gasteiger charge is -2.33. The minimum Gasteiger partial charge on any atom is -0.460 e. The van der Waals surface area contributed by atoms with Gasteiger partial charge in [0.25, 0.3) is 0 Å². The van der Waals surface area contributed by atoms with Crippen molar-refractivity contribution in [3.8, 4) is 5.75 Å². The number of carbonyl (C=O) groups is 2. The summed E-state index contributed by atoms with van der Waals surface area (Å²) in [5.41, 5.74) is 0.617. The quantitative estimate of drug-likeness (QED) is 0.412. The molecule has 3 rings (SSSR count). The van der Waals surface area contributed by atoms with Crippen molar-refractivity contribution in [3.63, 3.8) is 0 Å². The summed E-state index contributed by atoms with van der Waals surface area (Å²) >= 11 is 12.1. The van der Waals surface area contributed by atoms with Crippen molar-refractivity contribution in [3.05, 3.63) is 63.6 Å². The lowest BCUT2D eigenvalue weighted by molar-refractivity contribution is -0.155. The molecule has 0 spiro atoms. The molecule has 0 aliphatic carbocycles. The Morgan fingerprint density at radius 3 is 2.38 bits per heavy atom. The minimum atomic E-state index is -0.615. The van der Waals surface area contributed by atoms with Gasteiger partial charge < -0.3 is 14.2 Å². The maximum Gasteiger partial charge on any atom is 0.346 e. The molecule has 1 aliphatic heterocycles. The van der Waals surface area contributed by atoms with E-state index in [0.29, 0.717) is 31.9 Å². The Labute approximate surface area is 198 Å². The summed E-state index contributed by atoms with van der Waals surface area (Å²) in [4.78, 5) is 26.6. The number of carbonyl (C=O) groups excluding carboxylic acids is 2. The van der Waals surface area contributed by atoms with Gasteiger partial charge in [0.05, 0.1) is 34.7 Å². The number of rotatable bonds is 6. The van der Waals surface area contributed by atoms with Crippen LogP contribution in [0.15, 0.2) is 42.5 Å². The normalized spacial score (nSPS) is 17.1. The van der Waals surface area contributed by atoms with Crippen LogP contribution in [-0.4, -0.2) is 48.7 Å². The van der Waals surface area contributed by atoms with Gasteiger partial charge in [-0.2, -0.15) is 0 Å². The zero-order valence-electron chi connectivity index (χ0n) is 18.4. The second kappa shape index (κ2) is 10.7. The third-order valence-electron chi connectivity index (χ3n) is 4.83. The molecule has 0 saturated carbocycles. The van der Waals surface area contributed by atoms with Crippen LogP contribution in [-0.2, 0) is 14.3 Å². The number of esters is 2. The molecule has 1 heterocycles. The number of hydrogen-bond acceptors (Lipinski definition) is 6. The van der Waals surface area contributed by atoms with Crippen molar-refractivity contribution < 1.29 is 23.8 Å². The summed E-state index contributed by atoms with van der Waals surface area (Å²) in [7, 11) is 0. The van der Waals surface area contributed by atoms with E-state index in [9.17, 15) is 9.59 Å². The van der Waals surface area contributed by atoms with Crippen LogP contribution in [0.3, 0.4) is 0 Å². The number of nitrogens with zero attached hydrogens (tertiary/aromatic N) is 1. The van der Waals surface area contributed by atoms with E-state index in [1.54, 1.807) is 30.3 Å². The van der Waals surface area contributed by atoms with Crippen molar-refractivity contribution >= 4 is 35.1 Å². The average Bonchev–Trinajstić information content (AvgIpc) is 2.72. The summed E-state index contributed by atoms with van der Waals surface area (Å²) in [6.07, 6.45) is 0.203. The molecule has 1 unspecified atom stereocenters. The van der Waals surface area contributed by atoms with Crippen molar-refractivity contribution in [1.29, 1.82) is 0 Å². The molecular weight excluding hydrogens is 453 g/mol. The van der Waals surface area contributed by atoms with Crippen LogP contribution in [0, 0.1) is 0 Å². The van der Waals surface area contributed by atoms with Crippen LogP contribution in [0.4, 0.5) is 0 Å². The van der Waals surface area contributed by atoms with E-state index in [1.165, 1.54) is 0 Å². The molecule has 0 radical (unpaired) electrons. The first kappa shape index (κ1) is 24.5. The number of benzene rings is 2. The SMILES string of the molecule is CC(C)(C)OC(=O)CCN1CCOC(c2ccc(OC(=O)c3c(Cl)cccc3Cl)cc2)C1. The number of halogens is 2. The summed E-state index contributed by atoms with van der Waals surface area (Å²) in [6, 6.07) is 12.0. The fraction of sp³-hybridized carbons (Fsp3) is 0.417. The van der Waals surface area contributed by atoms with E-state index in [4.69, 9.17) is 37.4 Å². The minimum absolute atomic E-state index is 0.134. The summed E-state index contributed by atoms with van der Waals surface area (Å²) in [5.74, 6) is -0.437. The van der Waals surface area contributed by atoms with Crippen LogP contribution in [0.2, 0.25) is 10.0 Å². The van der Waals surface area contributed by atoms with Gasteiger partial charge in [-0.25, -0.2) is 4.79 Å². The Morgan fingerprint density at radius 1 is 1.09 bits per heavy atom. The molecule has 0 N–H and O–H groups in total. The van der Waals surface area contributed by atoms with Crippen molar-refractivity contribution in [2.45, 2.75) is 38.9 Å². The zero-order valence-corrected chi connectivity index (χ0v) is 19.9. The van der Waals surface area contributed by atoms with E-state index in [1.807, 2.05) is 32.9 Å². The van der Waals surface area contributed by atoms with Gasteiger partial charge >= 0.3 is 11.9 Å². The summed E-state index contributed by atoms with van der Waals surface area (Å²) < 4.78 is 16.7. The highest BCUT2D eigenvalue weighted by atomic mass is 35.5. The van der Waals surface area contributed by atoms with Gasteiger partial charge in [-0.15, -0.1) is 0 Å². The first-order valence-corrected chi connectivity index (χ1v) is 11.2. The molecule has 0 aromatic heterocycles. The van der Waals surface area contributed by atoms with E-state index in [2.05, 4.69) is 4.90 Å². The zero-order chi connectivity index (χ0) is 23.3. The topological polar surface area (TPSA) is 65.1 Å². The number of morpholine rings is 1. The highest BCUT2D eigenvalue weighted by Gasteiger charge is 2.24. The fourth-order valence-corrected chi connectivity index (χ4v) is 3.90. The Kier molecular flexibility index (Phi) is 8.17. The maximum absolute atomic E-state index is 12.4. The standard InChI is InChI=1S/C24H27Cl2NO5/c1-24(2,3)32-21(28)11-12-27-13-14-30-20(15-27)16-7-9-17(10-8-16)31-23(29)22-18(25)5-4-6-19(22)26/h4-10,20H,11-15H2,1-3H3. The van der Waals surface area contributed by atoms with Gasteiger partial charge in [0, 0.05) is 19.6 Å². The molecule has 32 heavy (non-hydrogen) atoms. The predicted octanol–water partition coefficient (Wildman–Crippen LogP) is 5.32. The molecule has 1 fully saturated rings. The van der Waals surface area contributed by atoms with Crippen molar-refractivity contribution in [2.24, 2.45) is 0 Å². The molecule has 172 valence electrons. The highest BCUT2D eigenvalue weighted by Crippen LogP contribution is 2.28. The Hall–Kier alpha value is -2.12. The molecule has 8 heteroatoms. The van der Waals surface area contributed by atoms with Crippen LogP contribution in [0.1, 0.15) is 49.2 Å². The van der Waals surface area contributed by atoms with E-state index in [0.717, 1.165) is 12.1 Å². The van der Waals surface area contributed by atoms with Gasteiger partial charge in [-0.1, -0.05) is 41.4 Å². The van der Waals surface area contributed by atoms with E-state index in [-0.39, 0.29) is 27.7 Å². The van der Waals surface area contributed by atoms with E-state index < -0.39 is 11.6 Å². The van der Waals surface area contributed by atoms with E-state index >= 15 is 0 Å². The Balaban J connectivity index is 1.56.